The average molecular weight is 398 g/mol. The monoisotopic (exact) mass is 398 g/mol. The molecule has 7 nitrogen and oxygen atoms in total. The number of nitrogens with one attached hydrogen (secondary N) is 1. The molecule has 0 radical (unpaired) electrons. The number of carbonyl (C=O) groups is 2. The number of ether oxygens (including phenoxy) is 2. The number of nitrogens with zero attached hydrogens (tertiary/aromatic N) is 1. The van der Waals surface area contributed by atoms with Crippen LogP contribution in [0.15, 0.2) is 41.0 Å². The molecule has 0 unspecified atom stereocenters. The molecular formula is C22H26N2O5. The number of likely N-dealkylation sites (N-methyl/N-ethyl adjacent to an activating group) is 1. The van der Waals surface area contributed by atoms with E-state index in [2.05, 4.69) is 17.4 Å². The van der Waals surface area contributed by atoms with Crippen LogP contribution in [0.3, 0.4) is 0 Å². The zero-order valence-corrected chi connectivity index (χ0v) is 16.6. The zero-order chi connectivity index (χ0) is 20.3. The maximum Gasteiger partial charge on any atom is 0.289 e. The van der Waals surface area contributed by atoms with Gasteiger partial charge in [-0.05, 0) is 42.7 Å². The van der Waals surface area contributed by atoms with Gasteiger partial charge in [-0.25, -0.2) is 0 Å². The predicted molar refractivity (Wildman–Crippen MR) is 106 cm³/mol. The second kappa shape index (κ2) is 8.19. The molecule has 0 spiro atoms. The van der Waals surface area contributed by atoms with Crippen LogP contribution in [0.5, 0.6) is 11.5 Å². The minimum absolute atomic E-state index is 0.0171. The summed E-state index contributed by atoms with van der Waals surface area (Å²) in [6, 6.07) is 9.34. The highest BCUT2D eigenvalue weighted by Gasteiger charge is 2.37. The average Bonchev–Trinajstić information content (AvgIpc) is 3.44. The van der Waals surface area contributed by atoms with Crippen LogP contribution in [-0.2, 0) is 10.2 Å². The van der Waals surface area contributed by atoms with Gasteiger partial charge in [0.05, 0.1) is 12.8 Å². The van der Waals surface area contributed by atoms with Crippen molar-refractivity contribution in [3.63, 3.8) is 0 Å². The van der Waals surface area contributed by atoms with Crippen molar-refractivity contribution in [2.24, 2.45) is 0 Å². The SMILES string of the molecule is CN(CC(=O)NCC1(c2ccc3c(c2)OCCO3)CCCC1)C(=O)c1ccco1. The fraction of sp³-hybridized carbons (Fsp3) is 0.455. The molecule has 0 bridgehead atoms. The highest BCUT2D eigenvalue weighted by atomic mass is 16.6. The number of furan rings is 1. The molecule has 7 heteroatoms. The fourth-order valence-corrected chi connectivity index (χ4v) is 4.19. The second-order valence-electron chi connectivity index (χ2n) is 7.76. The molecule has 29 heavy (non-hydrogen) atoms. The lowest BCUT2D eigenvalue weighted by atomic mass is 9.78. The normalized spacial score (nSPS) is 17.0. The highest BCUT2D eigenvalue weighted by Crippen LogP contribution is 2.43. The van der Waals surface area contributed by atoms with Crippen LogP contribution in [0.1, 0.15) is 41.8 Å². The minimum Gasteiger partial charge on any atom is -0.486 e. The lowest BCUT2D eigenvalue weighted by Crippen LogP contribution is -2.44. The van der Waals surface area contributed by atoms with Crippen LogP contribution in [-0.4, -0.2) is 50.1 Å². The highest BCUT2D eigenvalue weighted by molar-refractivity contribution is 5.94. The van der Waals surface area contributed by atoms with Gasteiger partial charge >= 0.3 is 0 Å². The van der Waals surface area contributed by atoms with E-state index in [1.54, 1.807) is 19.2 Å². The molecule has 4 rings (SSSR count). The maximum atomic E-state index is 12.5. The van der Waals surface area contributed by atoms with Gasteiger partial charge in [0.1, 0.15) is 13.2 Å². The Morgan fingerprint density at radius 1 is 1.10 bits per heavy atom. The molecule has 1 N–H and O–H groups in total. The van der Waals surface area contributed by atoms with E-state index in [1.165, 1.54) is 16.7 Å². The van der Waals surface area contributed by atoms with Crippen molar-refractivity contribution < 1.29 is 23.5 Å². The van der Waals surface area contributed by atoms with Gasteiger partial charge in [0.25, 0.3) is 5.91 Å². The van der Waals surface area contributed by atoms with Gasteiger partial charge in [0.2, 0.25) is 5.91 Å². The van der Waals surface area contributed by atoms with Crippen molar-refractivity contribution in [2.75, 3.05) is 33.4 Å². The van der Waals surface area contributed by atoms with Crippen LogP contribution in [0.25, 0.3) is 0 Å². The molecule has 2 amide bonds. The minimum atomic E-state index is -0.312. The Hall–Kier alpha value is -2.96. The largest absolute Gasteiger partial charge is 0.486 e. The number of hydrogen-bond donors (Lipinski definition) is 1. The number of rotatable bonds is 6. The first kappa shape index (κ1) is 19.4. The van der Waals surface area contributed by atoms with Crippen molar-refractivity contribution in [3.05, 3.63) is 47.9 Å². The Labute approximate surface area is 170 Å². The fourth-order valence-electron chi connectivity index (χ4n) is 4.19. The van der Waals surface area contributed by atoms with Gasteiger partial charge in [-0.15, -0.1) is 0 Å². The molecule has 2 aromatic rings. The molecule has 1 aromatic heterocycles. The number of amides is 2. The molecule has 2 aliphatic rings. The summed E-state index contributed by atoms with van der Waals surface area (Å²) in [5.74, 6) is 1.28. The quantitative estimate of drug-likeness (QED) is 0.809. The molecule has 1 aromatic carbocycles. The first-order valence-corrected chi connectivity index (χ1v) is 10.0. The first-order chi connectivity index (χ1) is 14.1. The Morgan fingerprint density at radius 3 is 2.59 bits per heavy atom. The molecule has 1 fully saturated rings. The third-order valence-electron chi connectivity index (χ3n) is 5.80. The summed E-state index contributed by atoms with van der Waals surface area (Å²) >= 11 is 0. The zero-order valence-electron chi connectivity index (χ0n) is 16.6. The molecule has 0 saturated heterocycles. The topological polar surface area (TPSA) is 81.0 Å². The molecule has 1 aliphatic heterocycles. The van der Waals surface area contributed by atoms with Crippen LogP contribution in [0, 0.1) is 0 Å². The molecule has 2 heterocycles. The second-order valence-corrected chi connectivity index (χ2v) is 7.76. The van der Waals surface area contributed by atoms with Crippen LogP contribution in [0.4, 0.5) is 0 Å². The predicted octanol–water partition coefficient (Wildman–Crippen LogP) is 2.75. The van der Waals surface area contributed by atoms with E-state index in [0.717, 1.165) is 37.2 Å². The molecule has 154 valence electrons. The van der Waals surface area contributed by atoms with Gasteiger partial charge in [-0.3, -0.25) is 9.59 Å². The van der Waals surface area contributed by atoms with E-state index in [9.17, 15) is 9.59 Å². The molecular weight excluding hydrogens is 372 g/mol. The van der Waals surface area contributed by atoms with Gasteiger partial charge in [0, 0.05) is 19.0 Å². The molecule has 1 aliphatic carbocycles. The van der Waals surface area contributed by atoms with Crippen LogP contribution in [0.2, 0.25) is 0 Å². The van der Waals surface area contributed by atoms with Crippen molar-refractivity contribution >= 4 is 11.8 Å². The summed E-state index contributed by atoms with van der Waals surface area (Å²) < 4.78 is 16.5. The summed E-state index contributed by atoms with van der Waals surface area (Å²) in [5, 5.41) is 3.04. The van der Waals surface area contributed by atoms with E-state index in [1.807, 2.05) is 6.07 Å². The lowest BCUT2D eigenvalue weighted by molar-refractivity contribution is -0.121. The summed E-state index contributed by atoms with van der Waals surface area (Å²) in [5.41, 5.74) is 1.05. The van der Waals surface area contributed by atoms with E-state index < -0.39 is 0 Å². The van der Waals surface area contributed by atoms with Crippen molar-refractivity contribution in [3.8, 4) is 11.5 Å². The van der Waals surface area contributed by atoms with Gasteiger partial charge in [0.15, 0.2) is 17.3 Å². The van der Waals surface area contributed by atoms with E-state index in [0.29, 0.717) is 19.8 Å². The van der Waals surface area contributed by atoms with Gasteiger partial charge in [-0.1, -0.05) is 18.9 Å². The van der Waals surface area contributed by atoms with Crippen LogP contribution >= 0.6 is 0 Å². The Bertz CT molecular complexity index is 871. The molecule has 0 atom stereocenters. The number of benzene rings is 1. The van der Waals surface area contributed by atoms with Gasteiger partial charge in [-0.2, -0.15) is 0 Å². The van der Waals surface area contributed by atoms with E-state index >= 15 is 0 Å². The Morgan fingerprint density at radius 2 is 1.86 bits per heavy atom. The lowest BCUT2D eigenvalue weighted by Gasteiger charge is -2.31. The molecule has 1 saturated carbocycles. The van der Waals surface area contributed by atoms with E-state index in [-0.39, 0.29) is 29.5 Å². The van der Waals surface area contributed by atoms with Gasteiger partial charge < -0.3 is 24.1 Å². The summed E-state index contributed by atoms with van der Waals surface area (Å²) in [6.07, 6.45) is 5.71. The number of fused-ring (bicyclic) bond motifs is 1. The number of carbonyl (C=O) groups excluding carboxylic acids is 2. The summed E-state index contributed by atoms with van der Waals surface area (Å²) in [7, 11) is 1.59. The van der Waals surface area contributed by atoms with Crippen molar-refractivity contribution in [2.45, 2.75) is 31.1 Å². The van der Waals surface area contributed by atoms with E-state index in [4.69, 9.17) is 13.9 Å². The van der Waals surface area contributed by atoms with Crippen LogP contribution < -0.4 is 14.8 Å². The van der Waals surface area contributed by atoms with Crippen molar-refractivity contribution in [1.29, 1.82) is 0 Å². The standard InChI is InChI=1S/C22H26N2O5/c1-24(21(26)18-5-4-10-27-18)14-20(25)23-15-22(8-2-3-9-22)16-6-7-17-19(13-16)29-12-11-28-17/h4-7,10,13H,2-3,8-9,11-12,14-15H2,1H3,(H,23,25). The maximum absolute atomic E-state index is 12.5. The Balaban J connectivity index is 1.41. The third kappa shape index (κ3) is 4.09. The Kier molecular flexibility index (Phi) is 5.47. The first-order valence-electron chi connectivity index (χ1n) is 10.0. The summed E-state index contributed by atoms with van der Waals surface area (Å²) in [6.45, 7) is 1.64. The smallest absolute Gasteiger partial charge is 0.289 e. The van der Waals surface area contributed by atoms with Crippen molar-refractivity contribution in [1.82, 2.24) is 10.2 Å². The number of hydrogen-bond acceptors (Lipinski definition) is 5. The third-order valence-corrected chi connectivity index (χ3v) is 5.80. The summed E-state index contributed by atoms with van der Waals surface area (Å²) in [4.78, 5) is 26.1.